The van der Waals surface area contributed by atoms with Gasteiger partial charge in [-0.25, -0.2) is 4.68 Å². The van der Waals surface area contributed by atoms with Crippen LogP contribution in [-0.4, -0.2) is 9.78 Å². The molecule has 2 aromatic rings. The topological polar surface area (TPSA) is 43.8 Å². The first-order chi connectivity index (χ1) is 7.65. The Morgan fingerprint density at radius 3 is 2.69 bits per heavy atom. The third kappa shape index (κ3) is 1.58. The van der Waals surface area contributed by atoms with Gasteiger partial charge in [-0.3, -0.25) is 0 Å². The first kappa shape index (κ1) is 10.7. The fourth-order valence-electron chi connectivity index (χ4n) is 1.82. The van der Waals surface area contributed by atoms with Crippen molar-refractivity contribution in [2.45, 2.75) is 27.2 Å². The highest BCUT2D eigenvalue weighted by atomic mass is 15.3. The summed E-state index contributed by atoms with van der Waals surface area (Å²) in [6, 6.07) is 6.18. The van der Waals surface area contributed by atoms with Gasteiger partial charge in [-0.15, -0.1) is 0 Å². The Balaban J connectivity index is 2.59. The highest BCUT2D eigenvalue weighted by molar-refractivity contribution is 5.51. The molecule has 0 spiro atoms. The number of aromatic nitrogens is 2. The molecule has 1 aromatic carbocycles. The Labute approximate surface area is 95.9 Å². The number of hydrogen-bond acceptors (Lipinski definition) is 2. The van der Waals surface area contributed by atoms with E-state index in [0.717, 1.165) is 23.5 Å². The number of hydrogen-bond donors (Lipinski definition) is 1. The van der Waals surface area contributed by atoms with Crippen LogP contribution >= 0.6 is 0 Å². The van der Waals surface area contributed by atoms with Crippen LogP contribution < -0.4 is 5.73 Å². The van der Waals surface area contributed by atoms with E-state index < -0.39 is 0 Å². The lowest BCUT2D eigenvalue weighted by Crippen LogP contribution is -2.05. The Bertz CT molecular complexity index is 512. The zero-order valence-electron chi connectivity index (χ0n) is 9.99. The average Bonchev–Trinajstić information content (AvgIpc) is 2.64. The summed E-state index contributed by atoms with van der Waals surface area (Å²) in [4.78, 5) is 0. The normalized spacial score (nSPS) is 10.7. The second kappa shape index (κ2) is 4.00. The Hall–Kier alpha value is -1.77. The van der Waals surface area contributed by atoms with E-state index in [2.05, 4.69) is 31.9 Å². The van der Waals surface area contributed by atoms with Crippen LogP contribution in [0.25, 0.3) is 5.69 Å². The van der Waals surface area contributed by atoms with Crippen LogP contribution in [0.2, 0.25) is 0 Å². The molecule has 0 saturated carbocycles. The molecule has 0 aliphatic carbocycles. The summed E-state index contributed by atoms with van der Waals surface area (Å²) < 4.78 is 1.82. The van der Waals surface area contributed by atoms with Gasteiger partial charge in [0.25, 0.3) is 0 Å². The van der Waals surface area contributed by atoms with Crippen molar-refractivity contribution in [3.05, 3.63) is 41.1 Å². The number of benzene rings is 1. The summed E-state index contributed by atoms with van der Waals surface area (Å²) in [5.41, 5.74) is 10.7. The van der Waals surface area contributed by atoms with Crippen LogP contribution in [-0.2, 0) is 6.42 Å². The van der Waals surface area contributed by atoms with Crippen LogP contribution in [0.5, 0.6) is 0 Å². The van der Waals surface area contributed by atoms with Gasteiger partial charge in [0.05, 0.1) is 11.9 Å². The minimum atomic E-state index is 0.746. The van der Waals surface area contributed by atoms with Crippen molar-refractivity contribution in [1.29, 1.82) is 0 Å². The van der Waals surface area contributed by atoms with Gasteiger partial charge in [0.15, 0.2) is 0 Å². The quantitative estimate of drug-likeness (QED) is 0.837. The van der Waals surface area contributed by atoms with E-state index in [-0.39, 0.29) is 0 Å². The zero-order chi connectivity index (χ0) is 11.7. The molecule has 0 saturated heterocycles. The number of nitrogen functional groups attached to an aromatic ring is 1. The molecule has 0 bridgehead atoms. The molecule has 0 amide bonds. The summed E-state index contributed by atoms with van der Waals surface area (Å²) >= 11 is 0. The molecule has 1 aromatic heterocycles. The second-order valence-electron chi connectivity index (χ2n) is 4.04. The minimum Gasteiger partial charge on any atom is -0.383 e. The van der Waals surface area contributed by atoms with E-state index in [1.165, 1.54) is 11.1 Å². The fraction of sp³-hybridized carbons (Fsp3) is 0.308. The Morgan fingerprint density at radius 1 is 1.31 bits per heavy atom. The van der Waals surface area contributed by atoms with Crippen molar-refractivity contribution < 1.29 is 0 Å². The summed E-state index contributed by atoms with van der Waals surface area (Å²) in [5.74, 6) is 0.746. The van der Waals surface area contributed by atoms with Crippen molar-refractivity contribution >= 4 is 5.82 Å². The molecular weight excluding hydrogens is 198 g/mol. The maximum atomic E-state index is 6.07. The van der Waals surface area contributed by atoms with Crippen LogP contribution in [0.4, 0.5) is 5.82 Å². The van der Waals surface area contributed by atoms with Crippen molar-refractivity contribution in [1.82, 2.24) is 9.78 Å². The molecule has 0 unspecified atom stereocenters. The van der Waals surface area contributed by atoms with Gasteiger partial charge in [-0.1, -0.05) is 19.1 Å². The van der Waals surface area contributed by atoms with Crippen molar-refractivity contribution in [2.75, 3.05) is 5.73 Å². The number of rotatable bonds is 2. The van der Waals surface area contributed by atoms with Gasteiger partial charge in [0.1, 0.15) is 5.82 Å². The first-order valence-corrected chi connectivity index (χ1v) is 5.54. The Kier molecular flexibility index (Phi) is 2.69. The van der Waals surface area contributed by atoms with Gasteiger partial charge in [-0.05, 0) is 37.5 Å². The molecule has 0 atom stereocenters. The molecule has 0 radical (unpaired) electrons. The van der Waals surface area contributed by atoms with E-state index in [1.807, 2.05) is 23.0 Å². The van der Waals surface area contributed by atoms with Crippen LogP contribution in [0.3, 0.4) is 0 Å². The van der Waals surface area contributed by atoms with E-state index in [1.54, 1.807) is 0 Å². The van der Waals surface area contributed by atoms with E-state index >= 15 is 0 Å². The molecule has 0 aliphatic heterocycles. The molecule has 2 rings (SSSR count). The highest BCUT2D eigenvalue weighted by Gasteiger charge is 2.09. The molecule has 3 heteroatoms. The largest absolute Gasteiger partial charge is 0.383 e. The number of nitrogens with zero attached hydrogens (tertiary/aromatic N) is 2. The van der Waals surface area contributed by atoms with Gasteiger partial charge in [-0.2, -0.15) is 5.10 Å². The van der Waals surface area contributed by atoms with Crippen LogP contribution in [0.1, 0.15) is 23.6 Å². The summed E-state index contributed by atoms with van der Waals surface area (Å²) in [6.45, 7) is 6.28. The third-order valence-corrected chi connectivity index (χ3v) is 3.07. The number of aryl methyl sites for hydroxylation is 2. The van der Waals surface area contributed by atoms with E-state index in [4.69, 9.17) is 5.73 Å². The monoisotopic (exact) mass is 215 g/mol. The maximum absolute atomic E-state index is 6.07. The van der Waals surface area contributed by atoms with Crippen molar-refractivity contribution in [3.63, 3.8) is 0 Å². The van der Waals surface area contributed by atoms with Gasteiger partial charge in [0, 0.05) is 5.56 Å². The SMILES string of the molecule is CCc1cnn(-c2cccc(C)c2C)c1N. The molecule has 0 aliphatic rings. The lowest BCUT2D eigenvalue weighted by molar-refractivity contribution is 0.880. The van der Waals surface area contributed by atoms with E-state index in [9.17, 15) is 0 Å². The zero-order valence-corrected chi connectivity index (χ0v) is 9.99. The summed E-state index contributed by atoms with van der Waals surface area (Å²) in [6.07, 6.45) is 2.76. The van der Waals surface area contributed by atoms with Crippen molar-refractivity contribution in [2.24, 2.45) is 0 Å². The average molecular weight is 215 g/mol. The number of nitrogens with two attached hydrogens (primary N) is 1. The summed E-state index contributed by atoms with van der Waals surface area (Å²) in [5, 5.41) is 4.35. The second-order valence-corrected chi connectivity index (χ2v) is 4.04. The minimum absolute atomic E-state index is 0.746. The molecule has 1 heterocycles. The van der Waals surface area contributed by atoms with Crippen LogP contribution in [0.15, 0.2) is 24.4 Å². The number of anilines is 1. The molecule has 2 N–H and O–H groups in total. The predicted octanol–water partition coefficient (Wildman–Crippen LogP) is 2.63. The maximum Gasteiger partial charge on any atom is 0.130 e. The van der Waals surface area contributed by atoms with Crippen LogP contribution in [0, 0.1) is 13.8 Å². The lowest BCUT2D eigenvalue weighted by atomic mass is 10.1. The van der Waals surface area contributed by atoms with Crippen molar-refractivity contribution in [3.8, 4) is 5.69 Å². The molecule has 84 valence electrons. The smallest absolute Gasteiger partial charge is 0.130 e. The fourth-order valence-corrected chi connectivity index (χ4v) is 1.82. The third-order valence-electron chi connectivity index (χ3n) is 3.07. The lowest BCUT2D eigenvalue weighted by Gasteiger charge is -2.10. The molecule has 3 nitrogen and oxygen atoms in total. The van der Waals surface area contributed by atoms with Gasteiger partial charge >= 0.3 is 0 Å². The van der Waals surface area contributed by atoms with Gasteiger partial charge < -0.3 is 5.73 Å². The first-order valence-electron chi connectivity index (χ1n) is 5.54. The summed E-state index contributed by atoms with van der Waals surface area (Å²) in [7, 11) is 0. The van der Waals surface area contributed by atoms with Gasteiger partial charge in [0.2, 0.25) is 0 Å². The molecule has 0 fully saturated rings. The standard InChI is InChI=1S/C13H17N3/c1-4-11-8-15-16(13(11)14)12-7-5-6-9(2)10(12)3/h5-8H,4,14H2,1-3H3. The Morgan fingerprint density at radius 2 is 2.06 bits per heavy atom. The molecule has 16 heavy (non-hydrogen) atoms. The predicted molar refractivity (Wildman–Crippen MR) is 66.8 cm³/mol. The van der Waals surface area contributed by atoms with E-state index in [0.29, 0.717) is 0 Å². The highest BCUT2D eigenvalue weighted by Crippen LogP contribution is 2.22. The molecular formula is C13H17N3.